The van der Waals surface area contributed by atoms with Crippen LogP contribution in [0.2, 0.25) is 0 Å². The lowest BCUT2D eigenvalue weighted by atomic mass is 10.1. The summed E-state index contributed by atoms with van der Waals surface area (Å²) >= 11 is 0. The molecule has 0 amide bonds. The normalized spacial score (nSPS) is 22.5. The molecule has 1 aromatic heterocycles. The van der Waals surface area contributed by atoms with Crippen LogP contribution in [0.25, 0.3) is 0 Å². The summed E-state index contributed by atoms with van der Waals surface area (Å²) in [5, 5.41) is 7.05. The van der Waals surface area contributed by atoms with E-state index in [0.29, 0.717) is 12.0 Å². The number of piperazine rings is 1. The van der Waals surface area contributed by atoms with E-state index < -0.39 is 0 Å². The summed E-state index contributed by atoms with van der Waals surface area (Å²) in [5.41, 5.74) is 2.31. The second-order valence-corrected chi connectivity index (χ2v) is 5.78. The van der Waals surface area contributed by atoms with Gasteiger partial charge in [-0.05, 0) is 19.3 Å². The summed E-state index contributed by atoms with van der Waals surface area (Å²) < 4.78 is 0. The van der Waals surface area contributed by atoms with Crippen LogP contribution in [0.5, 0.6) is 0 Å². The zero-order valence-electron chi connectivity index (χ0n) is 12.0. The molecule has 5 nitrogen and oxygen atoms in total. The molecule has 19 heavy (non-hydrogen) atoms. The van der Waals surface area contributed by atoms with Gasteiger partial charge in [-0.2, -0.15) is 0 Å². The largest absolute Gasteiger partial charge is 0.380 e. The highest BCUT2D eigenvalue weighted by atomic mass is 15.3. The summed E-state index contributed by atoms with van der Waals surface area (Å²) in [6.45, 7) is 10.5. The third kappa shape index (κ3) is 2.27. The number of anilines is 2. The maximum absolute atomic E-state index is 4.73. The smallest absolute Gasteiger partial charge is 0.156 e. The van der Waals surface area contributed by atoms with E-state index >= 15 is 0 Å². The summed E-state index contributed by atoms with van der Waals surface area (Å²) in [6.07, 6.45) is 1.15. The predicted octanol–water partition coefficient (Wildman–Crippen LogP) is 1.50. The predicted molar refractivity (Wildman–Crippen MR) is 78.0 cm³/mol. The molecule has 2 aliphatic heterocycles. The molecule has 0 aliphatic carbocycles. The highest BCUT2D eigenvalue weighted by Gasteiger charge is 2.30. The van der Waals surface area contributed by atoms with Gasteiger partial charge in [0.1, 0.15) is 5.82 Å². The molecule has 0 saturated carbocycles. The summed E-state index contributed by atoms with van der Waals surface area (Å²) in [5.74, 6) is 2.41. The zero-order chi connectivity index (χ0) is 13.4. The van der Waals surface area contributed by atoms with E-state index in [1.165, 1.54) is 0 Å². The first kappa shape index (κ1) is 12.7. The molecule has 0 aromatic carbocycles. The van der Waals surface area contributed by atoms with E-state index in [1.807, 2.05) is 6.92 Å². The van der Waals surface area contributed by atoms with Crippen LogP contribution in [0.1, 0.15) is 37.7 Å². The number of hydrogen-bond acceptors (Lipinski definition) is 5. The van der Waals surface area contributed by atoms with Crippen LogP contribution in [-0.4, -0.2) is 42.2 Å². The Morgan fingerprint density at radius 1 is 1.26 bits per heavy atom. The van der Waals surface area contributed by atoms with Crippen molar-refractivity contribution in [1.82, 2.24) is 15.3 Å². The van der Waals surface area contributed by atoms with Crippen molar-refractivity contribution in [1.29, 1.82) is 0 Å². The van der Waals surface area contributed by atoms with Crippen LogP contribution < -0.4 is 15.5 Å². The van der Waals surface area contributed by atoms with Crippen molar-refractivity contribution in [3.8, 4) is 0 Å². The molecule has 1 atom stereocenters. The van der Waals surface area contributed by atoms with Crippen LogP contribution in [0.4, 0.5) is 11.5 Å². The minimum atomic E-state index is 0.419. The van der Waals surface area contributed by atoms with E-state index in [9.17, 15) is 0 Å². The lowest BCUT2D eigenvalue weighted by Crippen LogP contribution is -2.51. The Hall–Kier alpha value is -1.36. The van der Waals surface area contributed by atoms with Gasteiger partial charge in [-0.3, -0.25) is 0 Å². The van der Waals surface area contributed by atoms with E-state index in [2.05, 4.69) is 34.4 Å². The number of aryl methyl sites for hydroxylation is 1. The fourth-order valence-electron chi connectivity index (χ4n) is 3.04. The second-order valence-electron chi connectivity index (χ2n) is 5.78. The second kappa shape index (κ2) is 4.96. The Balaban J connectivity index is 2.10. The van der Waals surface area contributed by atoms with Crippen LogP contribution in [0.15, 0.2) is 0 Å². The molecule has 3 rings (SSSR count). The van der Waals surface area contributed by atoms with E-state index in [4.69, 9.17) is 4.98 Å². The monoisotopic (exact) mass is 261 g/mol. The van der Waals surface area contributed by atoms with Gasteiger partial charge in [0, 0.05) is 32.2 Å². The molecule has 0 radical (unpaired) electrons. The van der Waals surface area contributed by atoms with Crippen LogP contribution in [0, 0.1) is 6.92 Å². The number of aromatic nitrogens is 2. The highest BCUT2D eigenvalue weighted by Crippen LogP contribution is 2.35. The zero-order valence-corrected chi connectivity index (χ0v) is 12.0. The van der Waals surface area contributed by atoms with Crippen LogP contribution in [0.3, 0.4) is 0 Å². The van der Waals surface area contributed by atoms with Gasteiger partial charge in [0.25, 0.3) is 0 Å². The van der Waals surface area contributed by atoms with Crippen molar-refractivity contribution in [2.24, 2.45) is 0 Å². The van der Waals surface area contributed by atoms with Gasteiger partial charge < -0.3 is 15.5 Å². The van der Waals surface area contributed by atoms with E-state index in [-0.39, 0.29) is 0 Å². The third-order valence-electron chi connectivity index (χ3n) is 3.98. The molecule has 1 unspecified atom stereocenters. The van der Waals surface area contributed by atoms with Crippen molar-refractivity contribution in [2.45, 2.75) is 39.2 Å². The minimum absolute atomic E-state index is 0.419. The molecule has 1 aromatic rings. The van der Waals surface area contributed by atoms with Crippen molar-refractivity contribution in [3.05, 3.63) is 11.5 Å². The third-order valence-corrected chi connectivity index (χ3v) is 3.98. The Labute approximate surface area is 114 Å². The number of nitrogens with one attached hydrogen (secondary N) is 2. The van der Waals surface area contributed by atoms with Gasteiger partial charge in [0.05, 0.1) is 11.4 Å². The molecule has 5 heteroatoms. The first-order valence-electron chi connectivity index (χ1n) is 7.26. The Bertz CT molecular complexity index is 471. The fraction of sp³-hybridized carbons (Fsp3) is 0.714. The molecular weight excluding hydrogens is 238 g/mol. The Kier molecular flexibility index (Phi) is 3.31. The average molecular weight is 261 g/mol. The molecule has 0 spiro atoms. The maximum Gasteiger partial charge on any atom is 0.156 e. The standard InChI is InChI=1S/C14H23N5/c1-9(2)12-13-14(18-10(3)17-12)19-7-6-15-8-11(19)4-5-16-13/h9,11,15-16H,4-8H2,1-3H3. The van der Waals surface area contributed by atoms with Gasteiger partial charge >= 0.3 is 0 Å². The molecule has 2 N–H and O–H groups in total. The van der Waals surface area contributed by atoms with Crippen LogP contribution in [-0.2, 0) is 0 Å². The van der Waals surface area contributed by atoms with Gasteiger partial charge in [0.15, 0.2) is 5.82 Å². The van der Waals surface area contributed by atoms with E-state index in [1.54, 1.807) is 0 Å². The maximum atomic E-state index is 4.73. The summed E-state index contributed by atoms with van der Waals surface area (Å²) in [6, 6.07) is 0.553. The number of hydrogen-bond donors (Lipinski definition) is 2. The number of fused-ring (bicyclic) bond motifs is 3. The number of rotatable bonds is 1. The fourth-order valence-corrected chi connectivity index (χ4v) is 3.04. The van der Waals surface area contributed by atoms with Gasteiger partial charge in [0.2, 0.25) is 0 Å². The topological polar surface area (TPSA) is 53.1 Å². The molecule has 3 heterocycles. The Morgan fingerprint density at radius 2 is 2.11 bits per heavy atom. The summed E-state index contributed by atoms with van der Waals surface area (Å²) in [4.78, 5) is 11.8. The molecule has 104 valence electrons. The molecule has 1 saturated heterocycles. The quantitative estimate of drug-likeness (QED) is 0.802. The van der Waals surface area contributed by atoms with Crippen LogP contribution >= 0.6 is 0 Å². The highest BCUT2D eigenvalue weighted by molar-refractivity contribution is 5.70. The molecule has 2 aliphatic rings. The molecule has 0 bridgehead atoms. The van der Waals surface area contributed by atoms with Crippen molar-refractivity contribution in [3.63, 3.8) is 0 Å². The first-order chi connectivity index (χ1) is 9.16. The molecule has 1 fully saturated rings. The lowest BCUT2D eigenvalue weighted by molar-refractivity contribution is 0.463. The average Bonchev–Trinajstić information content (AvgIpc) is 2.57. The molecular formula is C14H23N5. The van der Waals surface area contributed by atoms with Gasteiger partial charge in [-0.15, -0.1) is 0 Å². The van der Waals surface area contributed by atoms with Crippen molar-refractivity contribution < 1.29 is 0 Å². The van der Waals surface area contributed by atoms with Gasteiger partial charge in [-0.1, -0.05) is 13.8 Å². The summed E-state index contributed by atoms with van der Waals surface area (Å²) in [7, 11) is 0. The minimum Gasteiger partial charge on any atom is -0.380 e. The van der Waals surface area contributed by atoms with Gasteiger partial charge in [-0.25, -0.2) is 9.97 Å². The van der Waals surface area contributed by atoms with Crippen molar-refractivity contribution >= 4 is 11.5 Å². The SMILES string of the molecule is Cc1nc(C(C)C)c2c(n1)N1CCNCC1CCN2. The van der Waals surface area contributed by atoms with Crippen molar-refractivity contribution in [2.75, 3.05) is 36.4 Å². The lowest BCUT2D eigenvalue weighted by Gasteiger charge is -2.36. The van der Waals surface area contributed by atoms with E-state index in [0.717, 1.165) is 55.6 Å². The number of nitrogens with zero attached hydrogens (tertiary/aromatic N) is 3. The first-order valence-corrected chi connectivity index (χ1v) is 7.26. The Morgan fingerprint density at radius 3 is 2.89 bits per heavy atom.